The molecule has 0 unspecified atom stereocenters. The van der Waals surface area contributed by atoms with Gasteiger partial charge in [0.05, 0.1) is 43.6 Å². The minimum Gasteiger partial charge on any atom is -0.497 e. The fourth-order valence-corrected chi connectivity index (χ4v) is 5.63. The molecule has 238 valence electrons. The molecule has 1 aromatic heterocycles. The van der Waals surface area contributed by atoms with E-state index in [2.05, 4.69) is 4.98 Å². The van der Waals surface area contributed by atoms with E-state index in [0.29, 0.717) is 35.6 Å². The summed E-state index contributed by atoms with van der Waals surface area (Å²) in [4.78, 5) is 19.4. The van der Waals surface area contributed by atoms with E-state index in [1.54, 1.807) is 24.4 Å². The van der Waals surface area contributed by atoms with Gasteiger partial charge in [0.25, 0.3) is 5.91 Å². The number of benzene rings is 3. The van der Waals surface area contributed by atoms with Crippen LogP contribution in [0.5, 0.6) is 11.5 Å². The van der Waals surface area contributed by atoms with Crippen molar-refractivity contribution in [3.05, 3.63) is 101 Å². The van der Waals surface area contributed by atoms with Crippen LogP contribution in [0.25, 0.3) is 10.9 Å². The summed E-state index contributed by atoms with van der Waals surface area (Å²) in [6.45, 7) is 0.310. The van der Waals surface area contributed by atoms with E-state index in [4.69, 9.17) is 14.2 Å². The Bertz CT molecular complexity index is 1640. The van der Waals surface area contributed by atoms with Crippen LogP contribution in [0.3, 0.4) is 0 Å². The highest BCUT2D eigenvalue weighted by Crippen LogP contribution is 2.38. The fourth-order valence-electron chi connectivity index (χ4n) is 5.63. The van der Waals surface area contributed by atoms with Gasteiger partial charge in [-0.3, -0.25) is 9.78 Å². The molecule has 0 spiro atoms. The largest absolute Gasteiger partial charge is 0.497 e. The minimum atomic E-state index is -5.08. The molecule has 0 radical (unpaired) electrons. The molecule has 0 aliphatic carbocycles. The Morgan fingerprint density at radius 2 is 1.60 bits per heavy atom. The summed E-state index contributed by atoms with van der Waals surface area (Å²) in [5.74, 6) is 0.0655. The zero-order chi connectivity index (χ0) is 32.4. The van der Waals surface area contributed by atoms with Gasteiger partial charge >= 0.3 is 12.4 Å². The summed E-state index contributed by atoms with van der Waals surface area (Å²) in [6, 6.07) is 14.9. The molecule has 2 atom stereocenters. The second-order valence-electron chi connectivity index (χ2n) is 10.8. The molecule has 0 N–H and O–H groups in total. The van der Waals surface area contributed by atoms with Gasteiger partial charge in [0, 0.05) is 35.8 Å². The molecule has 1 fully saturated rings. The van der Waals surface area contributed by atoms with Gasteiger partial charge in [0.15, 0.2) is 0 Å². The smallest absolute Gasteiger partial charge is 0.416 e. The number of pyridine rings is 1. The number of alkyl halides is 6. The van der Waals surface area contributed by atoms with Gasteiger partial charge in [-0.1, -0.05) is 24.3 Å². The maximum absolute atomic E-state index is 13.7. The maximum Gasteiger partial charge on any atom is 0.416 e. The SMILES string of the molecule is COc1ccc(C[C@@H]2C[C@@H](OCc3ccnc4ccccc34)CCN2C(=O)c2cc(C(F)(F)F)cc(C(F)(F)F)c2)c(OC)c1. The van der Waals surface area contributed by atoms with Gasteiger partial charge in [0.1, 0.15) is 11.5 Å². The van der Waals surface area contributed by atoms with Crippen molar-refractivity contribution < 1.29 is 45.3 Å². The summed E-state index contributed by atoms with van der Waals surface area (Å²) in [5, 5.41) is 0.928. The van der Waals surface area contributed by atoms with Crippen LogP contribution >= 0.6 is 0 Å². The van der Waals surface area contributed by atoms with Crippen LogP contribution in [0.15, 0.2) is 72.9 Å². The van der Waals surface area contributed by atoms with Crippen molar-refractivity contribution in [3.8, 4) is 11.5 Å². The topological polar surface area (TPSA) is 60.9 Å². The first-order chi connectivity index (χ1) is 21.4. The lowest BCUT2D eigenvalue weighted by atomic mass is 9.92. The monoisotopic (exact) mass is 632 g/mol. The standard InChI is InChI=1S/C33H30F6N2O4/c1-43-26-8-7-20(30(18-26)44-2)15-25-17-27(45-19-21-9-11-40-29-6-4-3-5-28(21)29)10-12-41(25)31(42)22-13-23(32(34,35)36)16-24(14-22)33(37,38)39/h3-9,11,13-14,16,18,25,27H,10,12,15,17,19H2,1-2H3/t25-,27+/m1/s1. The van der Waals surface area contributed by atoms with Gasteiger partial charge < -0.3 is 19.1 Å². The normalized spacial score (nSPS) is 17.4. The highest BCUT2D eigenvalue weighted by Gasteiger charge is 2.39. The first-order valence-electron chi connectivity index (χ1n) is 14.1. The van der Waals surface area contributed by atoms with Crippen molar-refractivity contribution >= 4 is 16.8 Å². The number of likely N-dealkylation sites (tertiary alicyclic amines) is 1. The van der Waals surface area contributed by atoms with E-state index in [1.165, 1.54) is 19.1 Å². The zero-order valence-corrected chi connectivity index (χ0v) is 24.4. The van der Waals surface area contributed by atoms with E-state index < -0.39 is 41.0 Å². The average molecular weight is 633 g/mol. The molecule has 1 amide bonds. The molecule has 1 aliphatic heterocycles. The third-order valence-corrected chi connectivity index (χ3v) is 7.93. The predicted molar refractivity (Wildman–Crippen MR) is 154 cm³/mol. The lowest BCUT2D eigenvalue weighted by Gasteiger charge is -2.40. The molecule has 1 saturated heterocycles. The van der Waals surface area contributed by atoms with Crippen LogP contribution in [0.2, 0.25) is 0 Å². The molecule has 0 bridgehead atoms. The number of rotatable bonds is 8. The number of halogens is 6. The van der Waals surface area contributed by atoms with Crippen LogP contribution in [0, 0.1) is 0 Å². The Balaban J connectivity index is 1.45. The van der Waals surface area contributed by atoms with Gasteiger partial charge in [-0.2, -0.15) is 26.3 Å². The molecule has 1 aliphatic rings. The Labute approximate surface area is 255 Å². The minimum absolute atomic E-state index is 0.0133. The Morgan fingerprint density at radius 3 is 2.27 bits per heavy atom. The van der Waals surface area contributed by atoms with Gasteiger partial charge in [0.2, 0.25) is 0 Å². The van der Waals surface area contributed by atoms with E-state index in [0.717, 1.165) is 16.5 Å². The van der Waals surface area contributed by atoms with Crippen molar-refractivity contribution in [2.45, 2.75) is 50.4 Å². The van der Waals surface area contributed by atoms with Crippen LogP contribution in [-0.4, -0.2) is 48.7 Å². The molecular formula is C33H30F6N2O4. The predicted octanol–water partition coefficient (Wildman–Crippen LogP) is 7.72. The summed E-state index contributed by atoms with van der Waals surface area (Å²) in [6.07, 6.45) is -7.99. The number of methoxy groups -OCH3 is 2. The molecular weight excluding hydrogens is 602 g/mol. The number of carbonyl (C=O) groups is 1. The van der Waals surface area contributed by atoms with Crippen LogP contribution < -0.4 is 9.47 Å². The number of amides is 1. The summed E-state index contributed by atoms with van der Waals surface area (Å²) in [5.41, 5.74) is -1.37. The Hall–Kier alpha value is -4.32. The fraction of sp³-hybridized carbons (Fsp3) is 0.333. The average Bonchev–Trinajstić information content (AvgIpc) is 3.02. The zero-order valence-electron chi connectivity index (χ0n) is 24.4. The molecule has 3 aromatic carbocycles. The first-order valence-corrected chi connectivity index (χ1v) is 14.1. The number of fused-ring (bicyclic) bond motifs is 1. The van der Waals surface area contributed by atoms with E-state index in [9.17, 15) is 31.1 Å². The van der Waals surface area contributed by atoms with Crippen LogP contribution in [-0.2, 0) is 30.1 Å². The Kier molecular flexibility index (Phi) is 9.24. The molecule has 6 nitrogen and oxygen atoms in total. The first kappa shape index (κ1) is 32.1. The second-order valence-corrected chi connectivity index (χ2v) is 10.8. The summed E-state index contributed by atoms with van der Waals surface area (Å²) in [7, 11) is 2.96. The highest BCUT2D eigenvalue weighted by molar-refractivity contribution is 5.95. The summed E-state index contributed by atoms with van der Waals surface area (Å²) >= 11 is 0. The van der Waals surface area contributed by atoms with E-state index >= 15 is 0 Å². The number of aromatic nitrogens is 1. The summed E-state index contributed by atoms with van der Waals surface area (Å²) < 4.78 is 98.6. The van der Waals surface area contributed by atoms with Crippen LogP contribution in [0.1, 0.15) is 45.5 Å². The number of para-hydroxylation sites is 1. The molecule has 5 rings (SSSR count). The van der Waals surface area contributed by atoms with Crippen molar-refractivity contribution in [1.29, 1.82) is 0 Å². The van der Waals surface area contributed by atoms with Crippen molar-refractivity contribution in [1.82, 2.24) is 9.88 Å². The Morgan fingerprint density at radius 1 is 0.889 bits per heavy atom. The number of ether oxygens (including phenoxy) is 3. The number of piperidine rings is 1. The number of nitrogens with zero attached hydrogens (tertiary/aromatic N) is 2. The quantitative estimate of drug-likeness (QED) is 0.186. The molecule has 45 heavy (non-hydrogen) atoms. The number of hydrogen-bond acceptors (Lipinski definition) is 5. The van der Waals surface area contributed by atoms with Crippen molar-refractivity contribution in [2.75, 3.05) is 20.8 Å². The lowest BCUT2D eigenvalue weighted by molar-refractivity contribution is -0.143. The lowest BCUT2D eigenvalue weighted by Crippen LogP contribution is -2.49. The molecule has 2 heterocycles. The van der Waals surface area contributed by atoms with Gasteiger partial charge in [-0.25, -0.2) is 0 Å². The van der Waals surface area contributed by atoms with Gasteiger partial charge in [-0.05, 0) is 66.8 Å². The number of carbonyl (C=O) groups excluding carboxylic acids is 1. The number of hydrogen-bond donors (Lipinski definition) is 0. The molecule has 0 saturated carbocycles. The second kappa shape index (κ2) is 13.0. The van der Waals surface area contributed by atoms with E-state index in [1.807, 2.05) is 30.3 Å². The van der Waals surface area contributed by atoms with E-state index in [-0.39, 0.29) is 38.2 Å². The highest BCUT2D eigenvalue weighted by atomic mass is 19.4. The third-order valence-electron chi connectivity index (χ3n) is 7.93. The van der Waals surface area contributed by atoms with Gasteiger partial charge in [-0.15, -0.1) is 0 Å². The molecule has 12 heteroatoms. The van der Waals surface area contributed by atoms with Crippen molar-refractivity contribution in [2.24, 2.45) is 0 Å². The molecule has 4 aromatic rings. The van der Waals surface area contributed by atoms with Crippen LogP contribution in [0.4, 0.5) is 26.3 Å². The maximum atomic E-state index is 13.7. The third kappa shape index (κ3) is 7.33. The van der Waals surface area contributed by atoms with Crippen molar-refractivity contribution in [3.63, 3.8) is 0 Å².